The van der Waals surface area contributed by atoms with Crippen LogP contribution in [-0.2, 0) is 13.2 Å². The highest BCUT2D eigenvalue weighted by molar-refractivity contribution is 7.71. The summed E-state index contributed by atoms with van der Waals surface area (Å²) in [6.45, 7) is 1.82. The molecule has 0 unspecified atom stereocenters. The minimum atomic E-state index is 0.510. The van der Waals surface area contributed by atoms with E-state index in [1.807, 2.05) is 66.9 Å². The topological polar surface area (TPSA) is 58.3 Å². The highest BCUT2D eigenvalue weighted by Gasteiger charge is 2.06. The number of aromatic amines is 1. The molecule has 0 aliphatic rings. The van der Waals surface area contributed by atoms with E-state index < -0.39 is 0 Å². The predicted molar refractivity (Wildman–Crippen MR) is 111 cm³/mol. The molecular formula is C21H23N3O2S. The van der Waals surface area contributed by atoms with Crippen molar-refractivity contribution >= 4 is 17.9 Å². The van der Waals surface area contributed by atoms with Crippen molar-refractivity contribution in [1.82, 2.24) is 10.3 Å². The van der Waals surface area contributed by atoms with Crippen LogP contribution in [0.25, 0.3) is 0 Å². The largest absolute Gasteiger partial charge is 0.493 e. The molecule has 0 aliphatic heterocycles. The van der Waals surface area contributed by atoms with Gasteiger partial charge in [0, 0.05) is 12.7 Å². The average molecular weight is 382 g/mol. The lowest BCUT2D eigenvalue weighted by atomic mass is 10.2. The van der Waals surface area contributed by atoms with E-state index in [0.29, 0.717) is 24.5 Å². The van der Waals surface area contributed by atoms with Gasteiger partial charge < -0.3 is 19.8 Å². The van der Waals surface area contributed by atoms with Gasteiger partial charge in [-0.1, -0.05) is 48.6 Å². The molecule has 0 spiro atoms. The van der Waals surface area contributed by atoms with E-state index in [0.717, 1.165) is 28.3 Å². The Labute approximate surface area is 164 Å². The van der Waals surface area contributed by atoms with E-state index in [1.54, 1.807) is 7.11 Å². The molecular weight excluding hydrogens is 358 g/mol. The van der Waals surface area contributed by atoms with Crippen LogP contribution in [-0.4, -0.2) is 18.8 Å². The first-order chi connectivity index (χ1) is 13.3. The molecule has 0 radical (unpaired) electrons. The van der Waals surface area contributed by atoms with Crippen LogP contribution in [0.15, 0.2) is 66.9 Å². The van der Waals surface area contributed by atoms with E-state index in [4.69, 9.17) is 21.7 Å². The van der Waals surface area contributed by atoms with Gasteiger partial charge in [-0.2, -0.15) is 0 Å². The summed E-state index contributed by atoms with van der Waals surface area (Å²) >= 11 is 5.23. The molecule has 27 heavy (non-hydrogen) atoms. The number of rotatable bonds is 9. The molecule has 0 aliphatic carbocycles. The molecule has 0 amide bonds. The molecule has 0 bridgehead atoms. The van der Waals surface area contributed by atoms with Crippen molar-refractivity contribution in [1.29, 1.82) is 0 Å². The number of hydrogen-bond donors (Lipinski definition) is 3. The fourth-order valence-electron chi connectivity index (χ4n) is 2.60. The average Bonchev–Trinajstić information content (AvgIpc) is 2.72. The fourth-order valence-corrected chi connectivity index (χ4v) is 2.81. The molecule has 140 valence electrons. The van der Waals surface area contributed by atoms with E-state index in [1.165, 1.54) is 0 Å². The van der Waals surface area contributed by atoms with Crippen LogP contribution >= 0.6 is 12.2 Å². The standard InChI is InChI=1S/C21H23N3O2S/c1-25-20-12-17(13-22-15-24-18-8-5-11-23-21(18)27)9-10-19(20)26-14-16-6-3-2-4-7-16/h2-12,22,24H,13-15H2,1H3,(H,23,27). The molecule has 0 saturated carbocycles. The van der Waals surface area contributed by atoms with Gasteiger partial charge in [0.2, 0.25) is 0 Å². The molecule has 0 atom stereocenters. The summed E-state index contributed by atoms with van der Waals surface area (Å²) in [7, 11) is 1.65. The van der Waals surface area contributed by atoms with Crippen molar-refractivity contribution in [2.45, 2.75) is 13.2 Å². The normalized spacial score (nSPS) is 10.4. The number of hydrogen-bond acceptors (Lipinski definition) is 5. The zero-order valence-corrected chi connectivity index (χ0v) is 16.0. The molecule has 2 aromatic carbocycles. The highest BCUT2D eigenvalue weighted by atomic mass is 32.1. The third-order valence-electron chi connectivity index (χ3n) is 4.02. The first-order valence-corrected chi connectivity index (χ1v) is 9.13. The van der Waals surface area contributed by atoms with Crippen molar-refractivity contribution in [2.75, 3.05) is 19.1 Å². The Kier molecular flexibility index (Phi) is 6.84. The fraction of sp³-hybridized carbons (Fsp3) is 0.190. The number of nitrogens with one attached hydrogen (secondary N) is 3. The van der Waals surface area contributed by atoms with Crippen LogP contribution < -0.4 is 20.1 Å². The Morgan fingerprint density at radius 1 is 0.963 bits per heavy atom. The molecule has 3 N–H and O–H groups in total. The van der Waals surface area contributed by atoms with Gasteiger partial charge >= 0.3 is 0 Å². The van der Waals surface area contributed by atoms with Gasteiger partial charge in [-0.3, -0.25) is 5.32 Å². The van der Waals surface area contributed by atoms with Crippen LogP contribution in [0.4, 0.5) is 5.69 Å². The summed E-state index contributed by atoms with van der Waals surface area (Å²) in [5.74, 6) is 1.46. The first kappa shape index (κ1) is 18.9. The molecule has 0 saturated heterocycles. The first-order valence-electron chi connectivity index (χ1n) is 8.72. The van der Waals surface area contributed by atoms with Gasteiger partial charge in [0.15, 0.2) is 11.5 Å². The minimum Gasteiger partial charge on any atom is -0.493 e. The van der Waals surface area contributed by atoms with E-state index in [2.05, 4.69) is 15.6 Å². The molecule has 1 aromatic heterocycles. The number of methoxy groups -OCH3 is 1. The second kappa shape index (κ2) is 9.75. The maximum atomic E-state index is 5.89. The quantitative estimate of drug-likeness (QED) is 0.290. The minimum absolute atomic E-state index is 0.510. The van der Waals surface area contributed by atoms with Crippen LogP contribution in [0, 0.1) is 4.64 Å². The van der Waals surface area contributed by atoms with Gasteiger partial charge in [-0.15, -0.1) is 0 Å². The smallest absolute Gasteiger partial charge is 0.161 e. The van der Waals surface area contributed by atoms with Crippen molar-refractivity contribution in [3.63, 3.8) is 0 Å². The number of anilines is 1. The highest BCUT2D eigenvalue weighted by Crippen LogP contribution is 2.28. The Bertz CT molecular complexity index is 913. The van der Waals surface area contributed by atoms with Gasteiger partial charge in [0.25, 0.3) is 0 Å². The van der Waals surface area contributed by atoms with Crippen molar-refractivity contribution in [3.05, 3.63) is 82.6 Å². The maximum Gasteiger partial charge on any atom is 0.161 e. The Hall–Kier alpha value is -2.83. The molecule has 6 heteroatoms. The van der Waals surface area contributed by atoms with Crippen molar-refractivity contribution in [3.8, 4) is 11.5 Å². The summed E-state index contributed by atoms with van der Waals surface area (Å²) in [4.78, 5) is 3.00. The second-order valence-corrected chi connectivity index (χ2v) is 6.36. The SMILES string of the molecule is COc1cc(CNCNc2ccc[nH]c2=S)ccc1OCc1ccccc1. The Morgan fingerprint density at radius 3 is 2.59 bits per heavy atom. The number of ether oxygens (including phenoxy) is 2. The summed E-state index contributed by atoms with van der Waals surface area (Å²) < 4.78 is 12.1. The summed E-state index contributed by atoms with van der Waals surface area (Å²) in [6.07, 6.45) is 1.81. The van der Waals surface area contributed by atoms with Gasteiger partial charge in [-0.05, 0) is 35.4 Å². The van der Waals surface area contributed by atoms with Gasteiger partial charge in [0.05, 0.1) is 19.5 Å². The van der Waals surface area contributed by atoms with E-state index >= 15 is 0 Å². The van der Waals surface area contributed by atoms with Crippen molar-refractivity contribution in [2.24, 2.45) is 0 Å². The zero-order chi connectivity index (χ0) is 18.9. The zero-order valence-electron chi connectivity index (χ0n) is 15.2. The van der Waals surface area contributed by atoms with E-state index in [9.17, 15) is 0 Å². The van der Waals surface area contributed by atoms with Crippen LogP contribution in [0.2, 0.25) is 0 Å². The number of benzene rings is 2. The monoisotopic (exact) mass is 381 g/mol. The number of H-pyrrole nitrogens is 1. The van der Waals surface area contributed by atoms with Crippen LogP contribution in [0.1, 0.15) is 11.1 Å². The number of pyridine rings is 1. The number of aromatic nitrogens is 1. The third-order valence-corrected chi connectivity index (χ3v) is 4.35. The molecule has 3 aromatic rings. The summed E-state index contributed by atoms with van der Waals surface area (Å²) in [6, 6.07) is 19.9. The Morgan fingerprint density at radius 2 is 1.81 bits per heavy atom. The molecule has 3 rings (SSSR count). The Balaban J connectivity index is 1.52. The lowest BCUT2D eigenvalue weighted by Gasteiger charge is -2.13. The van der Waals surface area contributed by atoms with Gasteiger partial charge in [0.1, 0.15) is 11.2 Å². The van der Waals surface area contributed by atoms with Crippen LogP contribution in [0.5, 0.6) is 11.5 Å². The summed E-state index contributed by atoms with van der Waals surface area (Å²) in [5.41, 5.74) is 3.14. The third kappa shape index (κ3) is 5.57. The van der Waals surface area contributed by atoms with Crippen LogP contribution in [0.3, 0.4) is 0 Å². The lowest BCUT2D eigenvalue weighted by molar-refractivity contribution is 0.284. The molecule has 0 fully saturated rings. The molecule has 5 nitrogen and oxygen atoms in total. The summed E-state index contributed by atoms with van der Waals surface area (Å²) in [5, 5.41) is 6.60. The van der Waals surface area contributed by atoms with E-state index in [-0.39, 0.29) is 0 Å². The molecule has 1 heterocycles. The lowest BCUT2D eigenvalue weighted by Crippen LogP contribution is -2.21. The predicted octanol–water partition coefficient (Wildman–Crippen LogP) is 4.49. The second-order valence-electron chi connectivity index (χ2n) is 5.95. The maximum absolute atomic E-state index is 5.89. The van der Waals surface area contributed by atoms with Crippen molar-refractivity contribution < 1.29 is 9.47 Å². The van der Waals surface area contributed by atoms with Gasteiger partial charge in [-0.25, -0.2) is 0 Å².